The van der Waals surface area contributed by atoms with Crippen molar-refractivity contribution in [2.75, 3.05) is 18.5 Å². The van der Waals surface area contributed by atoms with Gasteiger partial charge in [-0.15, -0.1) is 0 Å². The first kappa shape index (κ1) is 22.5. The van der Waals surface area contributed by atoms with Gasteiger partial charge in [-0.05, 0) is 12.1 Å². The summed E-state index contributed by atoms with van der Waals surface area (Å²) < 4.78 is 35.9. The monoisotopic (exact) mass is 444 g/mol. The molecule has 0 saturated carbocycles. The van der Waals surface area contributed by atoms with Gasteiger partial charge in [0.25, 0.3) is 5.91 Å². The van der Waals surface area contributed by atoms with Gasteiger partial charge in [-0.1, -0.05) is 35.5 Å². The van der Waals surface area contributed by atoms with E-state index in [1.165, 1.54) is 6.07 Å². The third-order valence-electron chi connectivity index (χ3n) is 4.06. The Labute approximate surface area is 180 Å². The number of carbonyl (C=O) groups is 3. The van der Waals surface area contributed by atoms with E-state index in [1.54, 1.807) is 0 Å². The molecule has 0 unspecified atom stereocenters. The van der Waals surface area contributed by atoms with Gasteiger partial charge in [0.1, 0.15) is 0 Å². The Morgan fingerprint density at radius 1 is 1.00 bits per heavy atom. The van der Waals surface area contributed by atoms with E-state index in [9.17, 15) is 23.2 Å². The number of anilines is 1. The summed E-state index contributed by atoms with van der Waals surface area (Å²) >= 11 is 0. The average Bonchev–Trinajstić information content (AvgIpc) is 3.27. The zero-order chi connectivity index (χ0) is 22.9. The maximum absolute atomic E-state index is 13.1. The van der Waals surface area contributed by atoms with Crippen molar-refractivity contribution in [3.05, 3.63) is 66.1 Å². The summed E-state index contributed by atoms with van der Waals surface area (Å²) in [5, 5.41) is 8.37. The van der Waals surface area contributed by atoms with Gasteiger partial charge in [0.05, 0.1) is 13.0 Å². The van der Waals surface area contributed by atoms with Crippen LogP contribution in [0.4, 0.5) is 14.5 Å². The number of halogens is 2. The highest BCUT2D eigenvalue weighted by Crippen LogP contribution is 2.15. The molecule has 0 fully saturated rings. The van der Waals surface area contributed by atoms with E-state index < -0.39 is 42.6 Å². The molecule has 166 valence electrons. The summed E-state index contributed by atoms with van der Waals surface area (Å²) in [4.78, 5) is 39.4. The minimum absolute atomic E-state index is 0.0334. The van der Waals surface area contributed by atoms with Crippen LogP contribution in [0.3, 0.4) is 0 Å². The van der Waals surface area contributed by atoms with E-state index in [4.69, 9.17) is 9.26 Å². The van der Waals surface area contributed by atoms with Crippen LogP contribution in [0, 0.1) is 11.6 Å². The van der Waals surface area contributed by atoms with Gasteiger partial charge < -0.3 is 19.9 Å². The molecule has 0 spiro atoms. The molecule has 2 amide bonds. The molecule has 3 rings (SSSR count). The van der Waals surface area contributed by atoms with Gasteiger partial charge in [0.2, 0.25) is 17.6 Å². The lowest BCUT2D eigenvalue weighted by Gasteiger charge is -2.08. The number of hydrogen-bond acceptors (Lipinski definition) is 7. The van der Waals surface area contributed by atoms with Crippen molar-refractivity contribution in [2.45, 2.75) is 12.8 Å². The van der Waals surface area contributed by atoms with Crippen LogP contribution in [-0.4, -0.2) is 41.1 Å². The first-order valence-electron chi connectivity index (χ1n) is 9.46. The van der Waals surface area contributed by atoms with Crippen LogP contribution < -0.4 is 10.6 Å². The normalized spacial score (nSPS) is 10.4. The largest absolute Gasteiger partial charge is 0.456 e. The molecule has 2 N–H and O–H groups in total. The van der Waals surface area contributed by atoms with E-state index in [0.29, 0.717) is 5.82 Å². The molecule has 9 nitrogen and oxygen atoms in total. The van der Waals surface area contributed by atoms with Crippen LogP contribution >= 0.6 is 0 Å². The van der Waals surface area contributed by atoms with Crippen molar-refractivity contribution in [1.82, 2.24) is 15.5 Å². The maximum Gasteiger partial charge on any atom is 0.306 e. The fourth-order valence-electron chi connectivity index (χ4n) is 2.50. The fraction of sp³-hybridized carbons (Fsp3) is 0.190. The number of rotatable bonds is 9. The Kier molecular flexibility index (Phi) is 7.57. The molecule has 0 atom stereocenters. The average molecular weight is 444 g/mol. The second kappa shape index (κ2) is 10.8. The predicted molar refractivity (Wildman–Crippen MR) is 107 cm³/mol. The Morgan fingerprint density at radius 2 is 1.78 bits per heavy atom. The standard InChI is InChI=1S/C21H18F2N4O5/c22-15-7-6-14(10-16(15)23)25-17(28)11-24-18(29)12-31-20(30)9-8-19-26-21(27-32-19)13-4-2-1-3-5-13/h1-7,10H,8-9,11-12H2,(H,24,29)(H,25,28). The predicted octanol–water partition coefficient (Wildman–Crippen LogP) is 2.25. The number of benzene rings is 2. The number of esters is 1. The minimum atomic E-state index is -1.12. The van der Waals surface area contributed by atoms with Gasteiger partial charge in [0, 0.05) is 23.7 Å². The Morgan fingerprint density at radius 3 is 2.53 bits per heavy atom. The van der Waals surface area contributed by atoms with Crippen molar-refractivity contribution in [3.63, 3.8) is 0 Å². The number of aromatic nitrogens is 2. The minimum Gasteiger partial charge on any atom is -0.456 e. The lowest BCUT2D eigenvalue weighted by molar-refractivity contribution is -0.148. The number of nitrogens with one attached hydrogen (secondary N) is 2. The van der Waals surface area contributed by atoms with E-state index >= 15 is 0 Å². The highest BCUT2D eigenvalue weighted by atomic mass is 19.2. The first-order valence-corrected chi connectivity index (χ1v) is 9.46. The molecule has 32 heavy (non-hydrogen) atoms. The Balaban J connectivity index is 1.34. The summed E-state index contributed by atoms with van der Waals surface area (Å²) in [7, 11) is 0. The van der Waals surface area contributed by atoms with Crippen LogP contribution in [0.25, 0.3) is 11.4 Å². The van der Waals surface area contributed by atoms with Gasteiger partial charge in [0.15, 0.2) is 18.2 Å². The third kappa shape index (κ3) is 6.69. The van der Waals surface area contributed by atoms with E-state index in [2.05, 4.69) is 20.8 Å². The smallest absolute Gasteiger partial charge is 0.306 e. The molecule has 3 aromatic rings. The fourth-order valence-corrected chi connectivity index (χ4v) is 2.50. The topological polar surface area (TPSA) is 123 Å². The van der Waals surface area contributed by atoms with Gasteiger partial charge in [-0.3, -0.25) is 14.4 Å². The number of amides is 2. The van der Waals surface area contributed by atoms with Gasteiger partial charge >= 0.3 is 5.97 Å². The molecule has 0 radical (unpaired) electrons. The number of nitrogens with zero attached hydrogens (tertiary/aromatic N) is 2. The SMILES string of the molecule is O=C(COC(=O)CCc1nc(-c2ccccc2)no1)NCC(=O)Nc1ccc(F)c(F)c1. The molecule has 0 aliphatic rings. The second-order valence-electron chi connectivity index (χ2n) is 6.49. The van der Waals surface area contributed by atoms with Crippen LogP contribution in [0.1, 0.15) is 12.3 Å². The zero-order valence-corrected chi connectivity index (χ0v) is 16.6. The lowest BCUT2D eigenvalue weighted by Crippen LogP contribution is -2.35. The summed E-state index contributed by atoms with van der Waals surface area (Å²) in [5.74, 6) is -3.55. The first-order chi connectivity index (χ1) is 15.4. The summed E-state index contributed by atoms with van der Waals surface area (Å²) in [5.41, 5.74) is 0.807. The molecule has 0 aliphatic carbocycles. The van der Waals surface area contributed by atoms with Crippen LogP contribution in [-0.2, 0) is 25.5 Å². The van der Waals surface area contributed by atoms with Gasteiger partial charge in [-0.2, -0.15) is 4.98 Å². The van der Waals surface area contributed by atoms with Crippen LogP contribution in [0.15, 0.2) is 53.1 Å². The summed E-state index contributed by atoms with van der Waals surface area (Å²) in [6, 6.07) is 12.0. The van der Waals surface area contributed by atoms with E-state index in [-0.39, 0.29) is 24.4 Å². The van der Waals surface area contributed by atoms with Gasteiger partial charge in [-0.25, -0.2) is 8.78 Å². The van der Waals surface area contributed by atoms with Crippen molar-refractivity contribution in [1.29, 1.82) is 0 Å². The molecule has 1 aromatic heterocycles. The Bertz CT molecular complexity index is 1100. The molecule has 0 saturated heterocycles. The lowest BCUT2D eigenvalue weighted by atomic mass is 10.2. The highest BCUT2D eigenvalue weighted by Gasteiger charge is 2.13. The number of hydrogen-bond donors (Lipinski definition) is 2. The van der Waals surface area contributed by atoms with Crippen LogP contribution in [0.5, 0.6) is 0 Å². The highest BCUT2D eigenvalue weighted by molar-refractivity contribution is 5.94. The van der Waals surface area contributed by atoms with E-state index in [1.807, 2.05) is 30.3 Å². The molecule has 11 heteroatoms. The molecular weight excluding hydrogens is 426 g/mol. The van der Waals surface area contributed by atoms with Crippen molar-refractivity contribution >= 4 is 23.5 Å². The van der Waals surface area contributed by atoms with Crippen LogP contribution in [0.2, 0.25) is 0 Å². The Hall–Kier alpha value is -4.15. The number of ether oxygens (including phenoxy) is 1. The maximum atomic E-state index is 13.1. The molecule has 2 aromatic carbocycles. The molecule has 1 heterocycles. The van der Waals surface area contributed by atoms with E-state index in [0.717, 1.165) is 17.7 Å². The van der Waals surface area contributed by atoms with Crippen molar-refractivity contribution < 1.29 is 32.4 Å². The quantitative estimate of drug-likeness (QED) is 0.485. The zero-order valence-electron chi connectivity index (χ0n) is 16.6. The number of aryl methyl sites for hydroxylation is 1. The number of carbonyl (C=O) groups excluding carboxylic acids is 3. The molecule has 0 bridgehead atoms. The molecular formula is C21H18F2N4O5. The molecule has 0 aliphatic heterocycles. The second-order valence-corrected chi connectivity index (χ2v) is 6.49. The van der Waals surface area contributed by atoms with Crippen molar-refractivity contribution in [2.24, 2.45) is 0 Å². The van der Waals surface area contributed by atoms with Crippen molar-refractivity contribution in [3.8, 4) is 11.4 Å². The summed E-state index contributed by atoms with van der Waals surface area (Å²) in [6.07, 6.45) is 0.0528. The summed E-state index contributed by atoms with van der Waals surface area (Å²) in [6.45, 7) is -1.03. The third-order valence-corrected chi connectivity index (χ3v) is 4.06.